The number of fused-ring (bicyclic) bond motifs is 1. The van der Waals surface area contributed by atoms with Gasteiger partial charge in [0.1, 0.15) is 0 Å². The van der Waals surface area contributed by atoms with E-state index < -0.39 is 5.41 Å². The zero-order valence-corrected chi connectivity index (χ0v) is 13.2. The monoisotopic (exact) mass is 302 g/mol. The number of aromatic nitrogens is 1. The van der Waals surface area contributed by atoms with Crippen molar-refractivity contribution in [2.75, 3.05) is 0 Å². The summed E-state index contributed by atoms with van der Waals surface area (Å²) in [6.07, 6.45) is 1.77. The Morgan fingerprint density at radius 3 is 2.70 bits per heavy atom. The van der Waals surface area contributed by atoms with Crippen LogP contribution in [-0.2, 0) is 12.0 Å². The minimum Gasteiger partial charge on any atom is -0.392 e. The number of hydrogen-bond acceptors (Lipinski definition) is 3. The standard InChI is InChI=1S/C20H18N2O/c1-20(2,13-21)17-10-16-7-4-8-22-19(16)18(11-17)15-6-3-5-14(9-15)12-23/h3-11,23H,12H2,1-2H3. The van der Waals surface area contributed by atoms with E-state index in [4.69, 9.17) is 0 Å². The fourth-order valence-corrected chi connectivity index (χ4v) is 2.67. The van der Waals surface area contributed by atoms with Crippen LogP contribution in [-0.4, -0.2) is 10.1 Å². The van der Waals surface area contributed by atoms with E-state index in [0.29, 0.717) is 0 Å². The van der Waals surface area contributed by atoms with Gasteiger partial charge in [0.05, 0.1) is 23.6 Å². The average Bonchev–Trinajstić information content (AvgIpc) is 2.60. The minimum absolute atomic E-state index is 0.00256. The summed E-state index contributed by atoms with van der Waals surface area (Å²) >= 11 is 0. The normalized spacial score (nSPS) is 11.4. The largest absolute Gasteiger partial charge is 0.392 e. The highest BCUT2D eigenvalue weighted by molar-refractivity contribution is 5.94. The van der Waals surface area contributed by atoms with Gasteiger partial charge in [-0.1, -0.05) is 24.3 Å². The third-order valence-electron chi connectivity index (χ3n) is 4.13. The summed E-state index contributed by atoms with van der Waals surface area (Å²) < 4.78 is 0. The first kappa shape index (κ1) is 15.2. The molecule has 114 valence electrons. The molecule has 0 saturated heterocycles. The highest BCUT2D eigenvalue weighted by Crippen LogP contribution is 2.33. The van der Waals surface area contributed by atoms with Crippen LogP contribution in [0.3, 0.4) is 0 Å². The number of rotatable bonds is 3. The number of benzene rings is 2. The van der Waals surface area contributed by atoms with Gasteiger partial charge in [-0.15, -0.1) is 0 Å². The lowest BCUT2D eigenvalue weighted by molar-refractivity contribution is 0.282. The van der Waals surface area contributed by atoms with E-state index >= 15 is 0 Å². The van der Waals surface area contributed by atoms with Crippen LogP contribution in [0.5, 0.6) is 0 Å². The van der Waals surface area contributed by atoms with E-state index in [-0.39, 0.29) is 6.61 Å². The zero-order chi connectivity index (χ0) is 16.4. The van der Waals surface area contributed by atoms with Crippen molar-refractivity contribution in [3.63, 3.8) is 0 Å². The van der Waals surface area contributed by atoms with Crippen LogP contribution < -0.4 is 0 Å². The molecule has 0 atom stereocenters. The number of nitriles is 1. The molecule has 0 bridgehead atoms. The molecular formula is C20H18N2O. The first-order valence-corrected chi connectivity index (χ1v) is 7.56. The first-order valence-electron chi connectivity index (χ1n) is 7.56. The predicted octanol–water partition coefficient (Wildman–Crippen LogP) is 4.20. The predicted molar refractivity (Wildman–Crippen MR) is 91.7 cm³/mol. The summed E-state index contributed by atoms with van der Waals surface area (Å²) in [5.74, 6) is 0. The number of aliphatic hydroxyl groups is 1. The van der Waals surface area contributed by atoms with Gasteiger partial charge in [-0.2, -0.15) is 5.26 Å². The molecule has 3 nitrogen and oxygen atoms in total. The van der Waals surface area contributed by atoms with Crippen LogP contribution in [0.1, 0.15) is 25.0 Å². The van der Waals surface area contributed by atoms with Gasteiger partial charge >= 0.3 is 0 Å². The molecular weight excluding hydrogens is 284 g/mol. The van der Waals surface area contributed by atoms with Gasteiger partial charge in [-0.25, -0.2) is 0 Å². The molecule has 3 rings (SSSR count). The van der Waals surface area contributed by atoms with Crippen LogP contribution in [0.4, 0.5) is 0 Å². The summed E-state index contributed by atoms with van der Waals surface area (Å²) in [6, 6.07) is 18.1. The molecule has 1 heterocycles. The van der Waals surface area contributed by atoms with Crippen LogP contribution in [0.15, 0.2) is 54.7 Å². The molecule has 1 aromatic heterocycles. The van der Waals surface area contributed by atoms with E-state index in [1.165, 1.54) is 0 Å². The van der Waals surface area contributed by atoms with Crippen LogP contribution in [0, 0.1) is 11.3 Å². The molecule has 0 aliphatic carbocycles. The van der Waals surface area contributed by atoms with Gasteiger partial charge in [-0.05, 0) is 54.8 Å². The van der Waals surface area contributed by atoms with Crippen molar-refractivity contribution in [3.8, 4) is 17.2 Å². The molecule has 0 aliphatic heterocycles. The van der Waals surface area contributed by atoms with Crippen molar-refractivity contribution < 1.29 is 5.11 Å². The van der Waals surface area contributed by atoms with E-state index in [1.807, 2.05) is 62.4 Å². The third-order valence-corrected chi connectivity index (χ3v) is 4.13. The second kappa shape index (κ2) is 5.83. The van der Waals surface area contributed by atoms with Crippen LogP contribution in [0.2, 0.25) is 0 Å². The van der Waals surface area contributed by atoms with Crippen molar-refractivity contribution in [1.29, 1.82) is 5.26 Å². The van der Waals surface area contributed by atoms with Gasteiger partial charge in [0, 0.05) is 17.1 Å². The SMILES string of the molecule is CC(C)(C#N)c1cc(-c2cccc(CO)c2)c2ncccc2c1. The Balaban J connectivity index is 2.32. The second-order valence-corrected chi connectivity index (χ2v) is 6.19. The maximum absolute atomic E-state index is 9.46. The molecule has 0 unspecified atom stereocenters. The highest BCUT2D eigenvalue weighted by Gasteiger charge is 2.22. The zero-order valence-electron chi connectivity index (χ0n) is 13.2. The maximum Gasteiger partial charge on any atom is 0.0780 e. The summed E-state index contributed by atoms with van der Waals surface area (Å²) in [6.45, 7) is 3.83. The average molecular weight is 302 g/mol. The lowest BCUT2D eigenvalue weighted by Crippen LogP contribution is -2.14. The third kappa shape index (κ3) is 2.81. The molecule has 1 N–H and O–H groups in total. The molecule has 23 heavy (non-hydrogen) atoms. The van der Waals surface area contributed by atoms with Crippen LogP contribution in [0.25, 0.3) is 22.0 Å². The summed E-state index contributed by atoms with van der Waals surface area (Å²) in [7, 11) is 0. The Labute approximate surface area is 135 Å². The Kier molecular flexibility index (Phi) is 3.85. The van der Waals surface area contributed by atoms with Gasteiger partial charge in [0.25, 0.3) is 0 Å². The lowest BCUT2D eigenvalue weighted by atomic mass is 9.83. The van der Waals surface area contributed by atoms with Crippen molar-refractivity contribution in [2.24, 2.45) is 0 Å². The Bertz CT molecular complexity index is 907. The fourth-order valence-electron chi connectivity index (χ4n) is 2.67. The highest BCUT2D eigenvalue weighted by atomic mass is 16.3. The van der Waals surface area contributed by atoms with Crippen LogP contribution >= 0.6 is 0 Å². The molecule has 0 radical (unpaired) electrons. The smallest absolute Gasteiger partial charge is 0.0780 e. The molecule has 0 saturated carbocycles. The molecule has 0 spiro atoms. The summed E-state index contributed by atoms with van der Waals surface area (Å²) in [5.41, 5.74) is 4.13. The van der Waals surface area contributed by atoms with E-state index in [9.17, 15) is 10.4 Å². The number of pyridine rings is 1. The van der Waals surface area contributed by atoms with Gasteiger partial charge in [0.2, 0.25) is 0 Å². The van der Waals surface area contributed by atoms with Crippen molar-refractivity contribution in [3.05, 3.63) is 65.9 Å². The Hall–Kier alpha value is -2.70. The fraction of sp³-hybridized carbons (Fsp3) is 0.200. The summed E-state index contributed by atoms with van der Waals surface area (Å²) in [4.78, 5) is 4.52. The topological polar surface area (TPSA) is 56.9 Å². The van der Waals surface area contributed by atoms with Gasteiger partial charge < -0.3 is 5.11 Å². The Morgan fingerprint density at radius 1 is 1.13 bits per heavy atom. The molecule has 0 fully saturated rings. The minimum atomic E-state index is -0.576. The summed E-state index contributed by atoms with van der Waals surface area (Å²) in [5, 5.41) is 19.9. The lowest BCUT2D eigenvalue weighted by Gasteiger charge is -2.18. The first-order chi connectivity index (χ1) is 11.0. The molecule has 0 aliphatic rings. The molecule has 0 amide bonds. The molecule has 3 heteroatoms. The quantitative estimate of drug-likeness (QED) is 0.789. The van der Waals surface area contributed by atoms with E-state index in [2.05, 4.69) is 11.1 Å². The van der Waals surface area contributed by atoms with Crippen molar-refractivity contribution >= 4 is 10.9 Å². The number of aliphatic hydroxyl groups excluding tert-OH is 1. The van der Waals surface area contributed by atoms with Crippen molar-refractivity contribution in [1.82, 2.24) is 4.98 Å². The molecule has 2 aromatic carbocycles. The Morgan fingerprint density at radius 2 is 1.96 bits per heavy atom. The maximum atomic E-state index is 9.46. The van der Waals surface area contributed by atoms with Gasteiger partial charge in [0.15, 0.2) is 0 Å². The van der Waals surface area contributed by atoms with E-state index in [1.54, 1.807) is 6.20 Å². The van der Waals surface area contributed by atoms with Gasteiger partial charge in [-0.3, -0.25) is 4.98 Å². The van der Waals surface area contributed by atoms with E-state index in [0.717, 1.165) is 33.2 Å². The second-order valence-electron chi connectivity index (χ2n) is 6.19. The number of hydrogen-bond donors (Lipinski definition) is 1. The van der Waals surface area contributed by atoms with Crippen molar-refractivity contribution in [2.45, 2.75) is 25.9 Å². The number of nitrogens with zero attached hydrogens (tertiary/aromatic N) is 2. The molecule has 3 aromatic rings.